The maximum atomic E-state index is 12.8. The second-order valence-electron chi connectivity index (χ2n) is 3.24. The molecule has 0 fully saturated rings. The van der Waals surface area contributed by atoms with Crippen molar-refractivity contribution in [1.29, 1.82) is 0 Å². The summed E-state index contributed by atoms with van der Waals surface area (Å²) in [7, 11) is 0. The number of aromatic nitrogens is 1. The van der Waals surface area contributed by atoms with Gasteiger partial charge in [-0.3, -0.25) is 0 Å². The quantitative estimate of drug-likeness (QED) is 0.691. The standard InChI is InChI=1S/C10H11FN2/c1-6(12)10-5-7-4-8(11)2-3-9(7)13-10/h2-6,13H,12H2,1H3. The summed E-state index contributed by atoms with van der Waals surface area (Å²) in [5.74, 6) is -0.220. The summed E-state index contributed by atoms with van der Waals surface area (Å²) in [6, 6.07) is 6.48. The summed E-state index contributed by atoms with van der Waals surface area (Å²) in [4.78, 5) is 3.13. The molecule has 13 heavy (non-hydrogen) atoms. The molecule has 2 nitrogen and oxygen atoms in total. The van der Waals surface area contributed by atoms with Gasteiger partial charge in [0, 0.05) is 22.6 Å². The van der Waals surface area contributed by atoms with Gasteiger partial charge in [-0.05, 0) is 31.2 Å². The van der Waals surface area contributed by atoms with Crippen molar-refractivity contribution < 1.29 is 4.39 Å². The zero-order valence-corrected chi connectivity index (χ0v) is 7.34. The van der Waals surface area contributed by atoms with E-state index in [-0.39, 0.29) is 11.9 Å². The molecule has 0 saturated heterocycles. The Hall–Kier alpha value is -1.35. The Balaban J connectivity index is 2.62. The van der Waals surface area contributed by atoms with Crippen molar-refractivity contribution in [3.63, 3.8) is 0 Å². The summed E-state index contributed by atoms with van der Waals surface area (Å²) in [6.07, 6.45) is 0. The molecule has 0 aliphatic rings. The number of halogens is 1. The highest BCUT2D eigenvalue weighted by Gasteiger charge is 2.04. The number of rotatable bonds is 1. The van der Waals surface area contributed by atoms with E-state index in [0.29, 0.717) is 0 Å². The maximum absolute atomic E-state index is 12.8. The van der Waals surface area contributed by atoms with Crippen LogP contribution in [0.15, 0.2) is 24.3 Å². The molecule has 1 unspecified atom stereocenters. The lowest BCUT2D eigenvalue weighted by Gasteiger charge is -1.98. The molecule has 0 aliphatic carbocycles. The monoisotopic (exact) mass is 178 g/mol. The van der Waals surface area contributed by atoms with E-state index < -0.39 is 0 Å². The summed E-state index contributed by atoms with van der Waals surface area (Å²) >= 11 is 0. The van der Waals surface area contributed by atoms with E-state index in [1.54, 1.807) is 6.07 Å². The first-order valence-electron chi connectivity index (χ1n) is 4.20. The van der Waals surface area contributed by atoms with Gasteiger partial charge >= 0.3 is 0 Å². The van der Waals surface area contributed by atoms with E-state index in [0.717, 1.165) is 16.6 Å². The molecule has 1 aromatic heterocycles. The number of hydrogen-bond donors (Lipinski definition) is 2. The van der Waals surface area contributed by atoms with E-state index in [4.69, 9.17) is 5.73 Å². The van der Waals surface area contributed by atoms with Crippen LogP contribution in [0.25, 0.3) is 10.9 Å². The first kappa shape index (κ1) is 8.26. The lowest BCUT2D eigenvalue weighted by atomic mass is 10.2. The van der Waals surface area contributed by atoms with Gasteiger partial charge in [0.1, 0.15) is 5.82 Å². The Labute approximate surface area is 75.6 Å². The van der Waals surface area contributed by atoms with Crippen molar-refractivity contribution in [2.75, 3.05) is 0 Å². The van der Waals surface area contributed by atoms with Crippen molar-refractivity contribution in [1.82, 2.24) is 4.98 Å². The van der Waals surface area contributed by atoms with Gasteiger partial charge in [0.15, 0.2) is 0 Å². The summed E-state index contributed by atoms with van der Waals surface area (Å²) in [6.45, 7) is 1.89. The van der Waals surface area contributed by atoms with E-state index in [9.17, 15) is 4.39 Å². The minimum absolute atomic E-state index is 0.0459. The summed E-state index contributed by atoms with van der Waals surface area (Å²) < 4.78 is 12.8. The minimum Gasteiger partial charge on any atom is -0.357 e. The van der Waals surface area contributed by atoms with Gasteiger partial charge < -0.3 is 10.7 Å². The predicted molar refractivity (Wildman–Crippen MR) is 50.9 cm³/mol. The van der Waals surface area contributed by atoms with E-state index in [1.165, 1.54) is 12.1 Å². The molecule has 1 atom stereocenters. The number of fused-ring (bicyclic) bond motifs is 1. The number of hydrogen-bond acceptors (Lipinski definition) is 1. The lowest BCUT2D eigenvalue weighted by Crippen LogP contribution is -2.04. The van der Waals surface area contributed by atoms with E-state index in [2.05, 4.69) is 4.98 Å². The molecule has 2 aromatic rings. The number of benzene rings is 1. The molecule has 0 amide bonds. The molecule has 68 valence electrons. The van der Waals surface area contributed by atoms with Crippen LogP contribution in [0.2, 0.25) is 0 Å². The Morgan fingerprint density at radius 1 is 1.38 bits per heavy atom. The van der Waals surface area contributed by atoms with Gasteiger partial charge in [0.05, 0.1) is 0 Å². The fourth-order valence-corrected chi connectivity index (χ4v) is 1.37. The summed E-state index contributed by atoms with van der Waals surface area (Å²) in [5, 5.41) is 0.868. The van der Waals surface area contributed by atoms with Crippen LogP contribution in [-0.2, 0) is 0 Å². The molecule has 0 spiro atoms. The average molecular weight is 178 g/mol. The van der Waals surface area contributed by atoms with Crippen LogP contribution in [0.3, 0.4) is 0 Å². The molecular weight excluding hydrogens is 167 g/mol. The largest absolute Gasteiger partial charge is 0.357 e. The second-order valence-corrected chi connectivity index (χ2v) is 3.24. The zero-order valence-electron chi connectivity index (χ0n) is 7.34. The molecule has 3 heteroatoms. The van der Waals surface area contributed by atoms with E-state index >= 15 is 0 Å². The number of aromatic amines is 1. The van der Waals surface area contributed by atoms with Crippen LogP contribution >= 0.6 is 0 Å². The Bertz CT molecular complexity index is 431. The van der Waals surface area contributed by atoms with Crippen LogP contribution in [0.4, 0.5) is 4.39 Å². The van der Waals surface area contributed by atoms with Gasteiger partial charge in [-0.15, -0.1) is 0 Å². The molecule has 3 N–H and O–H groups in total. The van der Waals surface area contributed by atoms with Crippen molar-refractivity contribution in [3.8, 4) is 0 Å². The van der Waals surface area contributed by atoms with E-state index in [1.807, 2.05) is 13.0 Å². The number of nitrogens with two attached hydrogens (primary N) is 1. The highest BCUT2D eigenvalue weighted by atomic mass is 19.1. The highest BCUT2D eigenvalue weighted by Crippen LogP contribution is 2.19. The fourth-order valence-electron chi connectivity index (χ4n) is 1.37. The number of H-pyrrole nitrogens is 1. The lowest BCUT2D eigenvalue weighted by molar-refractivity contribution is 0.630. The fraction of sp³-hybridized carbons (Fsp3) is 0.200. The van der Waals surface area contributed by atoms with Gasteiger partial charge in [0.2, 0.25) is 0 Å². The van der Waals surface area contributed by atoms with Gasteiger partial charge in [0.25, 0.3) is 0 Å². The molecular formula is C10H11FN2. The van der Waals surface area contributed by atoms with Crippen LogP contribution in [-0.4, -0.2) is 4.98 Å². The van der Waals surface area contributed by atoms with Crippen molar-refractivity contribution >= 4 is 10.9 Å². The third-order valence-corrected chi connectivity index (χ3v) is 2.09. The van der Waals surface area contributed by atoms with Crippen molar-refractivity contribution in [2.24, 2.45) is 5.73 Å². The van der Waals surface area contributed by atoms with Crippen LogP contribution in [0.5, 0.6) is 0 Å². The summed E-state index contributed by atoms with van der Waals surface area (Å²) in [5.41, 5.74) is 7.55. The van der Waals surface area contributed by atoms with Gasteiger partial charge in [-0.1, -0.05) is 0 Å². The Kier molecular flexibility index (Phi) is 1.81. The molecule has 0 radical (unpaired) electrons. The Morgan fingerprint density at radius 2 is 2.15 bits per heavy atom. The molecule has 1 aromatic carbocycles. The molecule has 0 aliphatic heterocycles. The predicted octanol–water partition coefficient (Wildman–Crippen LogP) is 2.33. The zero-order chi connectivity index (χ0) is 9.42. The average Bonchev–Trinajstić information content (AvgIpc) is 2.46. The molecule has 0 saturated carbocycles. The third-order valence-electron chi connectivity index (χ3n) is 2.09. The topological polar surface area (TPSA) is 41.8 Å². The first-order chi connectivity index (χ1) is 6.16. The second kappa shape index (κ2) is 2.85. The van der Waals surface area contributed by atoms with Gasteiger partial charge in [-0.25, -0.2) is 4.39 Å². The van der Waals surface area contributed by atoms with Gasteiger partial charge in [-0.2, -0.15) is 0 Å². The molecule has 0 bridgehead atoms. The Morgan fingerprint density at radius 3 is 2.85 bits per heavy atom. The highest BCUT2D eigenvalue weighted by molar-refractivity contribution is 5.80. The van der Waals surface area contributed by atoms with Crippen LogP contribution in [0.1, 0.15) is 18.7 Å². The smallest absolute Gasteiger partial charge is 0.123 e. The normalized spacial score (nSPS) is 13.5. The number of nitrogens with one attached hydrogen (secondary N) is 1. The third kappa shape index (κ3) is 1.42. The molecule has 2 rings (SSSR count). The minimum atomic E-state index is -0.220. The van der Waals surface area contributed by atoms with Crippen molar-refractivity contribution in [3.05, 3.63) is 35.8 Å². The van der Waals surface area contributed by atoms with Crippen molar-refractivity contribution in [2.45, 2.75) is 13.0 Å². The first-order valence-corrected chi connectivity index (χ1v) is 4.20. The van der Waals surface area contributed by atoms with Crippen LogP contribution in [0, 0.1) is 5.82 Å². The maximum Gasteiger partial charge on any atom is 0.123 e. The SMILES string of the molecule is CC(N)c1cc2cc(F)ccc2[nH]1. The van der Waals surface area contributed by atoms with Crippen LogP contribution < -0.4 is 5.73 Å². The molecule has 1 heterocycles.